The maximum absolute atomic E-state index is 10.3. The highest BCUT2D eigenvalue weighted by Gasteiger charge is 2.34. The topological polar surface area (TPSA) is 38.7 Å². The summed E-state index contributed by atoms with van der Waals surface area (Å²) in [4.78, 5) is 0. The Balaban J connectivity index is 3.03. The van der Waals surface area contributed by atoms with Crippen molar-refractivity contribution in [2.45, 2.75) is 25.7 Å². The van der Waals surface area contributed by atoms with Gasteiger partial charge in [0.05, 0.1) is 0 Å². The minimum absolute atomic E-state index is 0.667. The van der Waals surface area contributed by atoms with Crippen LogP contribution in [0.1, 0.15) is 18.1 Å². The highest BCUT2D eigenvalue weighted by atomic mass is 16.7. The lowest BCUT2D eigenvalue weighted by atomic mass is 9.94. The Kier molecular flexibility index (Phi) is 3.85. The lowest BCUT2D eigenvalue weighted by Gasteiger charge is -2.31. The van der Waals surface area contributed by atoms with Crippen LogP contribution in [0, 0.1) is 6.92 Å². The van der Waals surface area contributed by atoms with Gasteiger partial charge in [-0.1, -0.05) is 29.8 Å². The van der Waals surface area contributed by atoms with Crippen LogP contribution in [0.25, 0.3) is 0 Å². The van der Waals surface area contributed by atoms with Gasteiger partial charge in [0, 0.05) is 14.2 Å². The summed E-state index contributed by atoms with van der Waals surface area (Å²) in [5.74, 6) is 0. The molecule has 0 aliphatic rings. The molecule has 3 heteroatoms. The fourth-order valence-corrected chi connectivity index (χ4v) is 1.65. The van der Waals surface area contributed by atoms with Crippen molar-refractivity contribution in [3.05, 3.63) is 35.4 Å². The van der Waals surface area contributed by atoms with Gasteiger partial charge in [-0.15, -0.1) is 0 Å². The number of ether oxygens (including phenoxy) is 2. The van der Waals surface area contributed by atoms with Crippen LogP contribution in [0.4, 0.5) is 0 Å². The van der Waals surface area contributed by atoms with E-state index in [9.17, 15) is 5.11 Å². The van der Waals surface area contributed by atoms with Gasteiger partial charge in [-0.3, -0.25) is 0 Å². The molecule has 0 aliphatic carbocycles. The molecule has 84 valence electrons. The number of aryl methyl sites for hydroxylation is 1. The number of hydrogen-bond acceptors (Lipinski definition) is 3. The predicted octanol–water partition coefficient (Wildman–Crippen LogP) is 1.82. The van der Waals surface area contributed by atoms with E-state index in [2.05, 4.69) is 0 Å². The quantitative estimate of drug-likeness (QED) is 0.770. The largest absolute Gasteiger partial charge is 0.380 e. The molecular weight excluding hydrogens is 192 g/mol. The first-order valence-corrected chi connectivity index (χ1v) is 4.87. The van der Waals surface area contributed by atoms with E-state index in [-0.39, 0.29) is 0 Å². The van der Waals surface area contributed by atoms with E-state index in [0.29, 0.717) is 0 Å². The summed E-state index contributed by atoms with van der Waals surface area (Å²) in [7, 11) is 3.02. The minimum Gasteiger partial charge on any atom is -0.380 e. The first kappa shape index (κ1) is 12.2. The third-order valence-electron chi connectivity index (χ3n) is 2.49. The smallest absolute Gasteiger partial charge is 0.189 e. The molecule has 0 aliphatic heterocycles. The van der Waals surface area contributed by atoms with Crippen LogP contribution in [-0.4, -0.2) is 25.6 Å². The maximum atomic E-state index is 10.3. The summed E-state index contributed by atoms with van der Waals surface area (Å²) in [5, 5.41) is 10.3. The second kappa shape index (κ2) is 4.75. The van der Waals surface area contributed by atoms with Crippen LogP contribution in [-0.2, 0) is 15.1 Å². The van der Waals surface area contributed by atoms with E-state index in [1.54, 1.807) is 6.92 Å². The Bertz CT molecular complexity index is 316. The van der Waals surface area contributed by atoms with E-state index in [4.69, 9.17) is 9.47 Å². The minimum atomic E-state index is -1.14. The molecule has 3 nitrogen and oxygen atoms in total. The molecule has 0 saturated carbocycles. The van der Waals surface area contributed by atoms with Gasteiger partial charge in [0.2, 0.25) is 0 Å². The molecule has 0 amide bonds. The van der Waals surface area contributed by atoms with Crippen LogP contribution in [0.3, 0.4) is 0 Å². The van der Waals surface area contributed by atoms with Gasteiger partial charge in [-0.25, -0.2) is 0 Å². The molecular formula is C12H18O3. The summed E-state index contributed by atoms with van der Waals surface area (Å²) in [5.41, 5.74) is 0.741. The van der Waals surface area contributed by atoms with E-state index in [1.807, 2.05) is 31.2 Å². The number of hydrogen-bond donors (Lipinski definition) is 1. The first-order chi connectivity index (χ1) is 7.02. The number of benzene rings is 1. The zero-order chi connectivity index (χ0) is 11.5. The van der Waals surface area contributed by atoms with Crippen molar-refractivity contribution in [1.29, 1.82) is 0 Å². The highest BCUT2D eigenvalue weighted by molar-refractivity contribution is 5.27. The van der Waals surface area contributed by atoms with Crippen molar-refractivity contribution in [2.24, 2.45) is 0 Å². The Morgan fingerprint density at radius 1 is 1.27 bits per heavy atom. The van der Waals surface area contributed by atoms with E-state index in [0.717, 1.165) is 11.1 Å². The second-order valence-corrected chi connectivity index (χ2v) is 3.82. The highest BCUT2D eigenvalue weighted by Crippen LogP contribution is 2.27. The normalized spacial score (nSPS) is 15.3. The molecule has 0 radical (unpaired) electrons. The molecule has 1 aromatic rings. The standard InChI is InChI=1S/C12H18O3/c1-9-6-5-7-10(8-9)12(2,13)11(14-3)15-4/h5-8,11,13H,1-4H3. The maximum Gasteiger partial charge on any atom is 0.189 e. The molecule has 1 N–H and O–H groups in total. The summed E-state index contributed by atoms with van der Waals surface area (Å²) in [6.07, 6.45) is -0.667. The van der Waals surface area contributed by atoms with Gasteiger partial charge in [0.1, 0.15) is 5.60 Å². The average molecular weight is 210 g/mol. The lowest BCUT2D eigenvalue weighted by molar-refractivity contribution is -0.213. The zero-order valence-electron chi connectivity index (χ0n) is 9.65. The zero-order valence-corrected chi connectivity index (χ0v) is 9.65. The fourth-order valence-electron chi connectivity index (χ4n) is 1.65. The van der Waals surface area contributed by atoms with Crippen molar-refractivity contribution in [2.75, 3.05) is 14.2 Å². The van der Waals surface area contributed by atoms with E-state index < -0.39 is 11.9 Å². The predicted molar refractivity (Wildman–Crippen MR) is 58.6 cm³/mol. The average Bonchev–Trinajstić information content (AvgIpc) is 2.19. The van der Waals surface area contributed by atoms with Crippen LogP contribution in [0.5, 0.6) is 0 Å². The molecule has 0 spiro atoms. The van der Waals surface area contributed by atoms with E-state index >= 15 is 0 Å². The second-order valence-electron chi connectivity index (χ2n) is 3.82. The lowest BCUT2D eigenvalue weighted by Crippen LogP contribution is -2.39. The van der Waals surface area contributed by atoms with Crippen molar-refractivity contribution < 1.29 is 14.6 Å². The Morgan fingerprint density at radius 3 is 2.33 bits per heavy atom. The molecule has 0 heterocycles. The molecule has 1 unspecified atom stereocenters. The third-order valence-corrected chi connectivity index (χ3v) is 2.49. The van der Waals surface area contributed by atoms with Gasteiger partial charge in [0.25, 0.3) is 0 Å². The molecule has 1 rings (SSSR count). The van der Waals surface area contributed by atoms with Gasteiger partial charge in [-0.2, -0.15) is 0 Å². The van der Waals surface area contributed by atoms with Gasteiger partial charge < -0.3 is 14.6 Å². The Labute approximate surface area is 90.6 Å². The molecule has 0 bridgehead atoms. The number of rotatable bonds is 4. The summed E-state index contributed by atoms with van der Waals surface area (Å²) >= 11 is 0. The summed E-state index contributed by atoms with van der Waals surface area (Å²) in [6, 6.07) is 7.67. The van der Waals surface area contributed by atoms with Gasteiger partial charge >= 0.3 is 0 Å². The fraction of sp³-hybridized carbons (Fsp3) is 0.500. The van der Waals surface area contributed by atoms with Crippen LogP contribution >= 0.6 is 0 Å². The van der Waals surface area contributed by atoms with Crippen molar-refractivity contribution in [3.8, 4) is 0 Å². The van der Waals surface area contributed by atoms with Crippen molar-refractivity contribution in [1.82, 2.24) is 0 Å². The molecule has 15 heavy (non-hydrogen) atoms. The monoisotopic (exact) mass is 210 g/mol. The summed E-state index contributed by atoms with van der Waals surface area (Å²) in [6.45, 7) is 3.66. The Hall–Kier alpha value is -0.900. The van der Waals surface area contributed by atoms with Crippen LogP contribution in [0.2, 0.25) is 0 Å². The number of aliphatic hydroxyl groups is 1. The molecule has 1 aromatic carbocycles. The first-order valence-electron chi connectivity index (χ1n) is 4.87. The molecule has 0 fully saturated rings. The van der Waals surface area contributed by atoms with E-state index in [1.165, 1.54) is 14.2 Å². The van der Waals surface area contributed by atoms with Gasteiger partial charge in [0.15, 0.2) is 6.29 Å². The van der Waals surface area contributed by atoms with Crippen LogP contribution < -0.4 is 0 Å². The van der Waals surface area contributed by atoms with Gasteiger partial charge in [-0.05, 0) is 19.4 Å². The summed E-state index contributed by atoms with van der Waals surface area (Å²) < 4.78 is 10.2. The molecule has 0 saturated heterocycles. The Morgan fingerprint density at radius 2 is 1.87 bits per heavy atom. The molecule has 1 atom stereocenters. The molecule has 0 aromatic heterocycles. The SMILES string of the molecule is COC(OC)C(C)(O)c1cccc(C)c1. The van der Waals surface area contributed by atoms with Crippen molar-refractivity contribution >= 4 is 0 Å². The number of methoxy groups -OCH3 is 2. The van der Waals surface area contributed by atoms with Crippen molar-refractivity contribution in [3.63, 3.8) is 0 Å². The van der Waals surface area contributed by atoms with Crippen LogP contribution in [0.15, 0.2) is 24.3 Å². The third kappa shape index (κ3) is 2.56.